The van der Waals surface area contributed by atoms with Crippen LogP contribution < -0.4 is 5.73 Å². The maximum Gasteiger partial charge on any atom is 0.224 e. The summed E-state index contributed by atoms with van der Waals surface area (Å²) in [6.07, 6.45) is 2.97. The van der Waals surface area contributed by atoms with E-state index in [4.69, 9.17) is 5.73 Å². The maximum absolute atomic E-state index is 12.8. The highest BCUT2D eigenvalue weighted by molar-refractivity contribution is 7.99. The highest BCUT2D eigenvalue weighted by Gasteiger charge is 2.28. The standard InChI is InChI=1S/C12H11N5O2S2/c1-20-11-9(10-14-7-15-12(13)17(10)16-11)21(18,19)8-5-3-2-4-6-8/h2-7H,1H3,(H2,13,14,15). The zero-order chi connectivity index (χ0) is 15.0. The molecule has 0 spiro atoms. The molecule has 3 rings (SSSR count). The number of thioether (sulfide) groups is 1. The van der Waals surface area contributed by atoms with Crippen molar-refractivity contribution in [3.8, 4) is 0 Å². The first-order valence-corrected chi connectivity index (χ1v) is 8.60. The molecule has 0 atom stereocenters. The Balaban J connectivity index is 2.37. The summed E-state index contributed by atoms with van der Waals surface area (Å²) in [5.41, 5.74) is 5.90. The molecular weight excluding hydrogens is 310 g/mol. The van der Waals surface area contributed by atoms with E-state index in [0.29, 0.717) is 5.03 Å². The van der Waals surface area contributed by atoms with Gasteiger partial charge in [0.25, 0.3) is 0 Å². The van der Waals surface area contributed by atoms with Crippen molar-refractivity contribution in [1.82, 2.24) is 19.6 Å². The fraction of sp³-hybridized carbons (Fsp3) is 0.0833. The fourth-order valence-corrected chi connectivity index (χ4v) is 4.35. The molecule has 2 heterocycles. The molecule has 9 heteroatoms. The maximum atomic E-state index is 12.8. The molecule has 2 N–H and O–H groups in total. The van der Waals surface area contributed by atoms with Crippen LogP contribution >= 0.6 is 11.8 Å². The Morgan fingerprint density at radius 1 is 1.19 bits per heavy atom. The summed E-state index contributed by atoms with van der Waals surface area (Å²) in [7, 11) is -3.73. The van der Waals surface area contributed by atoms with Crippen molar-refractivity contribution in [3.05, 3.63) is 36.7 Å². The number of hydrogen-bond donors (Lipinski definition) is 1. The Kier molecular flexibility index (Phi) is 3.30. The van der Waals surface area contributed by atoms with Crippen LogP contribution in [0.1, 0.15) is 0 Å². The summed E-state index contributed by atoms with van der Waals surface area (Å²) in [5.74, 6) is 0.0878. The van der Waals surface area contributed by atoms with Gasteiger partial charge in [0.1, 0.15) is 11.4 Å². The first-order chi connectivity index (χ1) is 10.1. The highest BCUT2D eigenvalue weighted by atomic mass is 32.2. The molecule has 108 valence electrons. The summed E-state index contributed by atoms with van der Waals surface area (Å²) >= 11 is 1.22. The second-order valence-electron chi connectivity index (χ2n) is 4.12. The van der Waals surface area contributed by atoms with Crippen LogP contribution in [0.3, 0.4) is 0 Å². The van der Waals surface area contributed by atoms with Gasteiger partial charge in [-0.1, -0.05) is 18.2 Å². The van der Waals surface area contributed by atoms with Gasteiger partial charge < -0.3 is 5.73 Å². The number of benzene rings is 1. The van der Waals surface area contributed by atoms with Crippen LogP contribution in [0.5, 0.6) is 0 Å². The number of aromatic nitrogens is 4. The van der Waals surface area contributed by atoms with Gasteiger partial charge in [0.2, 0.25) is 15.8 Å². The van der Waals surface area contributed by atoms with Gasteiger partial charge >= 0.3 is 0 Å². The van der Waals surface area contributed by atoms with E-state index in [1.165, 1.54) is 34.7 Å². The number of anilines is 1. The number of hydrogen-bond acceptors (Lipinski definition) is 7. The number of nitrogens with two attached hydrogens (primary N) is 1. The van der Waals surface area contributed by atoms with E-state index < -0.39 is 9.84 Å². The minimum Gasteiger partial charge on any atom is -0.368 e. The zero-order valence-electron chi connectivity index (χ0n) is 11.0. The van der Waals surface area contributed by atoms with Crippen molar-refractivity contribution in [2.24, 2.45) is 0 Å². The molecule has 0 aliphatic carbocycles. The average Bonchev–Trinajstić information content (AvgIpc) is 2.89. The summed E-state index contributed by atoms with van der Waals surface area (Å²) < 4.78 is 26.9. The molecule has 0 bridgehead atoms. The zero-order valence-corrected chi connectivity index (χ0v) is 12.6. The van der Waals surface area contributed by atoms with Crippen LogP contribution in [0.15, 0.2) is 51.5 Å². The molecule has 0 unspecified atom stereocenters. The summed E-state index contributed by atoms with van der Waals surface area (Å²) in [6, 6.07) is 8.16. The van der Waals surface area contributed by atoms with E-state index >= 15 is 0 Å². The SMILES string of the molecule is CSc1nn2c(N)ncnc2c1S(=O)(=O)c1ccccc1. The van der Waals surface area contributed by atoms with E-state index in [9.17, 15) is 8.42 Å². The van der Waals surface area contributed by atoms with Gasteiger partial charge in [-0.2, -0.15) is 9.61 Å². The van der Waals surface area contributed by atoms with Crippen LogP contribution in [0.4, 0.5) is 5.95 Å². The van der Waals surface area contributed by atoms with Crippen LogP contribution in [-0.4, -0.2) is 34.3 Å². The minimum atomic E-state index is -3.73. The first kappa shape index (κ1) is 13.8. The monoisotopic (exact) mass is 321 g/mol. The normalized spacial score (nSPS) is 11.9. The molecule has 7 nitrogen and oxygen atoms in total. The Morgan fingerprint density at radius 2 is 1.90 bits per heavy atom. The molecule has 0 saturated carbocycles. The molecule has 0 aliphatic heterocycles. The Hall–Kier alpha value is -2.13. The van der Waals surface area contributed by atoms with E-state index in [1.807, 2.05) is 0 Å². The van der Waals surface area contributed by atoms with Crippen molar-refractivity contribution < 1.29 is 8.42 Å². The quantitative estimate of drug-likeness (QED) is 0.724. The molecular formula is C12H11N5O2S2. The lowest BCUT2D eigenvalue weighted by molar-refractivity contribution is 0.594. The molecule has 0 radical (unpaired) electrons. The molecule has 0 saturated heterocycles. The minimum absolute atomic E-state index is 0.0512. The van der Waals surface area contributed by atoms with Crippen molar-refractivity contribution in [2.45, 2.75) is 14.8 Å². The third-order valence-electron chi connectivity index (χ3n) is 2.89. The predicted octanol–water partition coefficient (Wildman–Crippen LogP) is 1.26. The van der Waals surface area contributed by atoms with Gasteiger partial charge in [-0.3, -0.25) is 0 Å². The fourth-order valence-electron chi connectivity index (χ4n) is 1.93. The van der Waals surface area contributed by atoms with Crippen LogP contribution in [0.25, 0.3) is 5.65 Å². The topological polar surface area (TPSA) is 103 Å². The Labute approximate surface area is 125 Å². The molecule has 1 aromatic carbocycles. The third-order valence-corrected chi connectivity index (χ3v) is 5.50. The lowest BCUT2D eigenvalue weighted by Gasteiger charge is -2.03. The number of rotatable bonds is 3. The molecule has 2 aromatic heterocycles. The van der Waals surface area contributed by atoms with Crippen molar-refractivity contribution in [2.75, 3.05) is 12.0 Å². The van der Waals surface area contributed by atoms with Gasteiger partial charge in [0.15, 0.2) is 10.5 Å². The summed E-state index contributed by atoms with van der Waals surface area (Å²) in [5, 5.41) is 4.51. The third kappa shape index (κ3) is 2.14. The molecule has 0 amide bonds. The van der Waals surface area contributed by atoms with Crippen LogP contribution in [-0.2, 0) is 9.84 Å². The first-order valence-electron chi connectivity index (χ1n) is 5.89. The van der Waals surface area contributed by atoms with E-state index in [0.717, 1.165) is 0 Å². The summed E-state index contributed by atoms with van der Waals surface area (Å²) in [4.78, 5) is 8.07. The van der Waals surface area contributed by atoms with E-state index in [1.54, 1.807) is 24.5 Å². The van der Waals surface area contributed by atoms with Gasteiger partial charge in [0.05, 0.1) is 4.90 Å². The van der Waals surface area contributed by atoms with E-state index in [2.05, 4.69) is 15.1 Å². The summed E-state index contributed by atoms with van der Waals surface area (Å²) in [6.45, 7) is 0. The number of nitrogens with zero attached hydrogens (tertiary/aromatic N) is 4. The largest absolute Gasteiger partial charge is 0.368 e. The van der Waals surface area contributed by atoms with Crippen molar-refractivity contribution in [3.63, 3.8) is 0 Å². The van der Waals surface area contributed by atoms with Crippen LogP contribution in [0.2, 0.25) is 0 Å². The van der Waals surface area contributed by atoms with Gasteiger partial charge in [-0.25, -0.2) is 18.4 Å². The molecule has 3 aromatic rings. The number of sulfone groups is 1. The Morgan fingerprint density at radius 3 is 2.57 bits per heavy atom. The average molecular weight is 321 g/mol. The number of fused-ring (bicyclic) bond motifs is 1. The van der Waals surface area contributed by atoms with Crippen LogP contribution in [0, 0.1) is 0 Å². The predicted molar refractivity (Wildman–Crippen MR) is 78.9 cm³/mol. The molecule has 0 fully saturated rings. The highest BCUT2D eigenvalue weighted by Crippen LogP contribution is 2.32. The van der Waals surface area contributed by atoms with E-state index in [-0.39, 0.29) is 21.4 Å². The lowest BCUT2D eigenvalue weighted by atomic mass is 10.4. The molecule has 0 aliphatic rings. The van der Waals surface area contributed by atoms with Gasteiger partial charge in [-0.05, 0) is 18.4 Å². The molecule has 21 heavy (non-hydrogen) atoms. The van der Waals surface area contributed by atoms with Gasteiger partial charge in [-0.15, -0.1) is 11.8 Å². The number of nitrogen functional groups attached to an aromatic ring is 1. The second-order valence-corrected chi connectivity index (χ2v) is 6.80. The second kappa shape index (κ2) is 5.01. The van der Waals surface area contributed by atoms with Crippen molar-refractivity contribution >= 4 is 33.2 Å². The lowest BCUT2D eigenvalue weighted by Crippen LogP contribution is -2.05. The van der Waals surface area contributed by atoms with Crippen molar-refractivity contribution in [1.29, 1.82) is 0 Å². The smallest absolute Gasteiger partial charge is 0.224 e. The Bertz CT molecular complexity index is 906. The van der Waals surface area contributed by atoms with Gasteiger partial charge in [0, 0.05) is 0 Å².